The molecule has 1 atom stereocenters. The summed E-state index contributed by atoms with van der Waals surface area (Å²) in [5, 5.41) is 2.91. The molecule has 4 aromatic rings. The summed E-state index contributed by atoms with van der Waals surface area (Å²) >= 11 is 0. The Kier molecular flexibility index (Phi) is 7.85. The van der Waals surface area contributed by atoms with Crippen molar-refractivity contribution >= 4 is 5.91 Å². The number of amides is 1. The van der Waals surface area contributed by atoms with Gasteiger partial charge in [-0.05, 0) is 35.7 Å². The zero-order valence-corrected chi connectivity index (χ0v) is 19.7. The van der Waals surface area contributed by atoms with E-state index >= 15 is 0 Å². The Hall–Kier alpha value is -3.91. The van der Waals surface area contributed by atoms with Crippen molar-refractivity contribution in [3.05, 3.63) is 125 Å². The Morgan fingerprint density at radius 3 is 2.08 bits per heavy atom. The predicted octanol–water partition coefficient (Wildman–Crippen LogP) is 6.39. The van der Waals surface area contributed by atoms with Gasteiger partial charge < -0.3 is 9.73 Å². The number of oxazole rings is 1. The third-order valence-corrected chi connectivity index (χ3v) is 5.73. The van der Waals surface area contributed by atoms with E-state index in [1.54, 1.807) is 0 Å². The number of carbonyl (C=O) groups is 1. The molecule has 36 heavy (non-hydrogen) atoms. The summed E-state index contributed by atoms with van der Waals surface area (Å²) in [4.78, 5) is 19.0. The molecule has 0 aliphatic carbocycles. The van der Waals surface area contributed by atoms with Gasteiger partial charge in [0.05, 0.1) is 18.2 Å². The van der Waals surface area contributed by atoms with Crippen LogP contribution >= 0.6 is 0 Å². The van der Waals surface area contributed by atoms with Crippen molar-refractivity contribution in [2.24, 2.45) is 0 Å². The van der Waals surface area contributed by atoms with E-state index in [9.17, 15) is 18.0 Å². The van der Waals surface area contributed by atoms with Crippen LogP contribution in [0.4, 0.5) is 13.2 Å². The van der Waals surface area contributed by atoms with Gasteiger partial charge in [0, 0.05) is 13.1 Å². The molecular weight excluding hydrogens is 467 g/mol. The van der Waals surface area contributed by atoms with Crippen LogP contribution in [-0.4, -0.2) is 15.8 Å². The summed E-state index contributed by atoms with van der Waals surface area (Å²) < 4.78 is 44.4. The molecule has 186 valence electrons. The van der Waals surface area contributed by atoms with Gasteiger partial charge in [-0.2, -0.15) is 13.2 Å². The fourth-order valence-corrected chi connectivity index (χ4v) is 3.84. The summed E-state index contributed by atoms with van der Waals surface area (Å²) in [6.07, 6.45) is -3.06. The predicted molar refractivity (Wildman–Crippen MR) is 130 cm³/mol. The number of halogens is 3. The molecule has 0 aliphatic rings. The van der Waals surface area contributed by atoms with Gasteiger partial charge in [-0.15, -0.1) is 0 Å². The highest BCUT2D eigenvalue weighted by molar-refractivity contribution is 5.92. The zero-order chi connectivity index (χ0) is 25.5. The Morgan fingerprint density at radius 2 is 1.47 bits per heavy atom. The first-order chi connectivity index (χ1) is 17.3. The van der Waals surface area contributed by atoms with E-state index < -0.39 is 11.7 Å². The number of aromatic nitrogens is 1. The van der Waals surface area contributed by atoms with Crippen molar-refractivity contribution in [2.75, 3.05) is 0 Å². The van der Waals surface area contributed by atoms with Crippen molar-refractivity contribution in [3.63, 3.8) is 0 Å². The minimum atomic E-state index is -4.38. The number of nitrogens with zero attached hydrogens (tertiary/aromatic N) is 2. The van der Waals surface area contributed by atoms with E-state index in [2.05, 4.69) is 10.3 Å². The lowest BCUT2D eigenvalue weighted by Crippen LogP contribution is -2.27. The largest absolute Gasteiger partial charge is 0.447 e. The fraction of sp³-hybridized carbons (Fsp3) is 0.214. The van der Waals surface area contributed by atoms with Crippen molar-refractivity contribution in [2.45, 2.75) is 38.8 Å². The fourth-order valence-electron chi connectivity index (χ4n) is 3.84. The second-order valence-electron chi connectivity index (χ2n) is 8.56. The molecule has 0 saturated heterocycles. The molecule has 0 saturated carbocycles. The lowest BCUT2D eigenvalue weighted by molar-refractivity contribution is -0.137. The topological polar surface area (TPSA) is 58.4 Å². The average molecular weight is 494 g/mol. The molecule has 0 bridgehead atoms. The van der Waals surface area contributed by atoms with Crippen LogP contribution in [0.15, 0.2) is 95.6 Å². The number of nitrogens with one attached hydrogen (secondary N) is 1. The molecule has 4 rings (SSSR count). The summed E-state index contributed by atoms with van der Waals surface area (Å²) in [7, 11) is 0. The van der Waals surface area contributed by atoms with E-state index in [1.807, 2.05) is 72.5 Å². The van der Waals surface area contributed by atoms with Crippen LogP contribution in [0.2, 0.25) is 0 Å². The first kappa shape index (κ1) is 25.2. The molecule has 0 radical (unpaired) electrons. The van der Waals surface area contributed by atoms with Gasteiger partial charge in [0.15, 0.2) is 5.69 Å². The Morgan fingerprint density at radius 1 is 0.889 bits per heavy atom. The molecule has 0 aliphatic heterocycles. The molecule has 8 heteroatoms. The lowest BCUT2D eigenvalue weighted by Gasteiger charge is -2.21. The van der Waals surface area contributed by atoms with Gasteiger partial charge in [-0.3, -0.25) is 9.69 Å². The van der Waals surface area contributed by atoms with Crippen molar-refractivity contribution in [1.29, 1.82) is 0 Å². The number of hydrogen-bond acceptors (Lipinski definition) is 4. The van der Waals surface area contributed by atoms with Crippen molar-refractivity contribution < 1.29 is 22.4 Å². The summed E-state index contributed by atoms with van der Waals surface area (Å²) in [5.41, 5.74) is 2.21. The highest BCUT2D eigenvalue weighted by Crippen LogP contribution is 2.29. The van der Waals surface area contributed by atoms with Gasteiger partial charge in [0.25, 0.3) is 5.91 Å². The minimum Gasteiger partial charge on any atom is -0.447 e. The van der Waals surface area contributed by atoms with Crippen LogP contribution in [0, 0.1) is 0 Å². The molecule has 5 nitrogen and oxygen atoms in total. The van der Waals surface area contributed by atoms with E-state index in [0.29, 0.717) is 19.0 Å². The van der Waals surface area contributed by atoms with Crippen molar-refractivity contribution in [1.82, 2.24) is 15.2 Å². The van der Waals surface area contributed by atoms with E-state index in [0.717, 1.165) is 28.8 Å². The quantitative estimate of drug-likeness (QED) is 0.294. The second-order valence-corrected chi connectivity index (χ2v) is 8.56. The number of carbonyl (C=O) groups excluding carboxylic acids is 1. The maximum Gasteiger partial charge on any atom is 0.416 e. The van der Waals surface area contributed by atoms with Crippen LogP contribution in [0.3, 0.4) is 0 Å². The Labute approximate surface area is 207 Å². The van der Waals surface area contributed by atoms with Gasteiger partial charge in [0.1, 0.15) is 6.26 Å². The SMILES string of the molecule is C[C@@H](NC(=O)c1coc(CN(Cc2ccccc2)Cc2ccc(C(F)(F)F)cc2)n1)c1ccccc1. The van der Waals surface area contributed by atoms with E-state index in [-0.39, 0.29) is 24.2 Å². The van der Waals surface area contributed by atoms with Crippen LogP contribution < -0.4 is 5.32 Å². The molecule has 1 heterocycles. The third-order valence-electron chi connectivity index (χ3n) is 5.73. The van der Waals surface area contributed by atoms with Crippen molar-refractivity contribution in [3.8, 4) is 0 Å². The van der Waals surface area contributed by atoms with Crippen LogP contribution in [0.5, 0.6) is 0 Å². The highest BCUT2D eigenvalue weighted by Gasteiger charge is 2.30. The minimum absolute atomic E-state index is 0.168. The standard InChI is InChI=1S/C28H26F3N3O2/c1-20(23-10-6-3-7-11-23)32-27(35)25-19-36-26(33-25)18-34(16-21-8-4-2-5-9-21)17-22-12-14-24(15-13-22)28(29,30)31/h2-15,19-20H,16-18H2,1H3,(H,32,35)/t20-/m1/s1. The smallest absolute Gasteiger partial charge is 0.416 e. The Bertz CT molecular complexity index is 1260. The molecule has 0 fully saturated rings. The number of hydrogen-bond donors (Lipinski definition) is 1. The van der Waals surface area contributed by atoms with Gasteiger partial charge in [0.2, 0.25) is 5.89 Å². The monoisotopic (exact) mass is 493 g/mol. The molecule has 1 N–H and O–H groups in total. The third kappa shape index (κ3) is 6.82. The van der Waals surface area contributed by atoms with Gasteiger partial charge >= 0.3 is 6.18 Å². The molecule has 0 unspecified atom stereocenters. The lowest BCUT2D eigenvalue weighted by atomic mass is 10.1. The van der Waals surface area contributed by atoms with Crippen LogP contribution in [0.25, 0.3) is 0 Å². The van der Waals surface area contributed by atoms with E-state index in [1.165, 1.54) is 18.4 Å². The molecule has 0 spiro atoms. The average Bonchev–Trinajstić information content (AvgIpc) is 3.33. The van der Waals surface area contributed by atoms with Crippen LogP contribution in [0.1, 0.15) is 51.6 Å². The van der Waals surface area contributed by atoms with E-state index in [4.69, 9.17) is 4.42 Å². The normalized spacial score (nSPS) is 12.5. The summed E-state index contributed by atoms with van der Waals surface area (Å²) in [5.74, 6) is -0.00550. The molecule has 3 aromatic carbocycles. The zero-order valence-electron chi connectivity index (χ0n) is 19.7. The molecule has 1 aromatic heterocycles. The van der Waals surface area contributed by atoms with Crippen LogP contribution in [-0.2, 0) is 25.8 Å². The second kappa shape index (κ2) is 11.2. The first-order valence-electron chi connectivity index (χ1n) is 11.5. The maximum absolute atomic E-state index is 12.9. The summed E-state index contributed by atoms with van der Waals surface area (Å²) in [6.45, 7) is 3.07. The summed E-state index contributed by atoms with van der Waals surface area (Å²) in [6, 6.07) is 24.2. The first-order valence-corrected chi connectivity index (χ1v) is 11.5. The van der Waals surface area contributed by atoms with Gasteiger partial charge in [-0.25, -0.2) is 4.98 Å². The maximum atomic E-state index is 12.9. The van der Waals surface area contributed by atoms with Gasteiger partial charge in [-0.1, -0.05) is 72.8 Å². The molecular formula is C28H26F3N3O2. The number of alkyl halides is 3. The highest BCUT2D eigenvalue weighted by atomic mass is 19.4. The number of benzene rings is 3. The molecule has 1 amide bonds. The Balaban J connectivity index is 1.46. The number of rotatable bonds is 9.